The van der Waals surface area contributed by atoms with Gasteiger partial charge in [-0.2, -0.15) is 0 Å². The van der Waals surface area contributed by atoms with E-state index < -0.39 is 17.6 Å². The lowest BCUT2D eigenvalue weighted by atomic mass is 10.1. The first-order valence-corrected chi connectivity index (χ1v) is 7.36. The van der Waals surface area contributed by atoms with Gasteiger partial charge < -0.3 is 4.74 Å². The Bertz CT molecular complexity index is 424. The quantitative estimate of drug-likeness (QED) is 0.375. The third-order valence-electron chi connectivity index (χ3n) is 2.91. The van der Waals surface area contributed by atoms with E-state index in [4.69, 9.17) is 16.3 Å². The number of benzene rings is 1. The molecule has 0 spiro atoms. The van der Waals surface area contributed by atoms with Crippen LogP contribution in [0.15, 0.2) is 18.2 Å². The first-order valence-electron chi connectivity index (χ1n) is 6.83. The van der Waals surface area contributed by atoms with E-state index >= 15 is 0 Å². The van der Waals surface area contributed by atoms with Crippen molar-refractivity contribution >= 4 is 17.6 Å². The average Bonchev–Trinajstić information content (AvgIpc) is 2.41. The minimum absolute atomic E-state index is 0.228. The van der Waals surface area contributed by atoms with Crippen molar-refractivity contribution in [3.63, 3.8) is 0 Å². The number of hydrogen-bond donors (Lipinski definition) is 0. The lowest BCUT2D eigenvalue weighted by Crippen LogP contribution is -2.08. The maximum Gasteiger partial charge on any atom is 0.341 e. The highest BCUT2D eigenvalue weighted by Gasteiger charge is 2.13. The standard InChI is InChI=1S/C15H19ClF2O2/c16-9-5-3-1-2-4-6-10-20-15(19)13-8-7-12(17)11-14(13)18/h7-8,11H,1-6,9-10H2. The molecular weight excluding hydrogens is 286 g/mol. The van der Waals surface area contributed by atoms with Crippen LogP contribution in [0, 0.1) is 11.6 Å². The summed E-state index contributed by atoms with van der Waals surface area (Å²) >= 11 is 5.57. The molecule has 0 amide bonds. The summed E-state index contributed by atoms with van der Waals surface area (Å²) in [6, 6.07) is 2.81. The number of alkyl halides is 1. The van der Waals surface area contributed by atoms with Gasteiger partial charge in [-0.25, -0.2) is 13.6 Å². The molecule has 0 radical (unpaired) electrons. The van der Waals surface area contributed by atoms with Crippen molar-refractivity contribution in [2.75, 3.05) is 12.5 Å². The highest BCUT2D eigenvalue weighted by molar-refractivity contribution is 6.17. The summed E-state index contributed by atoms with van der Waals surface area (Å²) in [4.78, 5) is 11.6. The van der Waals surface area contributed by atoms with Gasteiger partial charge in [-0.1, -0.05) is 25.7 Å². The maximum absolute atomic E-state index is 13.3. The van der Waals surface area contributed by atoms with Gasteiger partial charge in [0.15, 0.2) is 0 Å². The first-order chi connectivity index (χ1) is 9.65. The van der Waals surface area contributed by atoms with Crippen molar-refractivity contribution in [2.45, 2.75) is 38.5 Å². The molecule has 0 aliphatic carbocycles. The number of esters is 1. The summed E-state index contributed by atoms with van der Waals surface area (Å²) in [5.41, 5.74) is -0.228. The Balaban J connectivity index is 2.17. The van der Waals surface area contributed by atoms with Gasteiger partial charge in [0, 0.05) is 11.9 Å². The molecule has 0 unspecified atom stereocenters. The molecule has 5 heteroatoms. The van der Waals surface area contributed by atoms with Gasteiger partial charge in [-0.3, -0.25) is 0 Å². The first kappa shape index (κ1) is 16.9. The van der Waals surface area contributed by atoms with Gasteiger partial charge in [-0.15, -0.1) is 11.6 Å². The van der Waals surface area contributed by atoms with Crippen LogP contribution in [0.3, 0.4) is 0 Å². The number of hydrogen-bond acceptors (Lipinski definition) is 2. The Hall–Kier alpha value is -1.16. The second kappa shape index (κ2) is 9.70. The Kier molecular flexibility index (Phi) is 8.19. The maximum atomic E-state index is 13.3. The molecule has 1 aromatic carbocycles. The lowest BCUT2D eigenvalue weighted by Gasteiger charge is -2.05. The van der Waals surface area contributed by atoms with Gasteiger partial charge >= 0.3 is 5.97 Å². The lowest BCUT2D eigenvalue weighted by molar-refractivity contribution is 0.0492. The zero-order valence-corrected chi connectivity index (χ0v) is 12.1. The number of carbonyl (C=O) groups is 1. The molecule has 1 rings (SSSR count). The molecule has 0 aromatic heterocycles. The summed E-state index contributed by atoms with van der Waals surface area (Å²) in [7, 11) is 0. The van der Waals surface area contributed by atoms with E-state index in [0.29, 0.717) is 11.9 Å². The fourth-order valence-electron chi connectivity index (χ4n) is 1.80. The molecule has 20 heavy (non-hydrogen) atoms. The Morgan fingerprint density at radius 3 is 2.35 bits per heavy atom. The molecule has 0 bridgehead atoms. The van der Waals surface area contributed by atoms with E-state index in [1.165, 1.54) is 0 Å². The van der Waals surface area contributed by atoms with E-state index in [-0.39, 0.29) is 12.2 Å². The van der Waals surface area contributed by atoms with Gasteiger partial charge in [-0.05, 0) is 25.0 Å². The van der Waals surface area contributed by atoms with E-state index in [1.807, 2.05) is 0 Å². The average molecular weight is 305 g/mol. The molecule has 0 atom stereocenters. The Morgan fingerprint density at radius 2 is 1.70 bits per heavy atom. The third kappa shape index (κ3) is 6.33. The van der Waals surface area contributed by atoms with Crippen molar-refractivity contribution in [3.8, 4) is 0 Å². The van der Waals surface area contributed by atoms with Gasteiger partial charge in [0.25, 0.3) is 0 Å². The molecule has 0 saturated heterocycles. The predicted octanol–water partition coefficient (Wildman–Crippen LogP) is 4.70. The highest BCUT2D eigenvalue weighted by atomic mass is 35.5. The predicted molar refractivity (Wildman–Crippen MR) is 75.1 cm³/mol. The Labute approximate surface area is 123 Å². The van der Waals surface area contributed by atoms with Gasteiger partial charge in [0.1, 0.15) is 11.6 Å². The summed E-state index contributed by atoms with van der Waals surface area (Å²) in [5, 5.41) is 0. The fourth-order valence-corrected chi connectivity index (χ4v) is 1.99. The van der Waals surface area contributed by atoms with Gasteiger partial charge in [0.05, 0.1) is 12.2 Å². The van der Waals surface area contributed by atoms with Crippen molar-refractivity contribution < 1.29 is 18.3 Å². The molecule has 0 fully saturated rings. The molecule has 112 valence electrons. The van der Waals surface area contributed by atoms with Crippen LogP contribution in [0.2, 0.25) is 0 Å². The van der Waals surface area contributed by atoms with E-state index in [0.717, 1.165) is 50.7 Å². The number of rotatable bonds is 9. The molecule has 0 heterocycles. The summed E-state index contributed by atoms with van der Waals surface area (Å²) in [6.07, 6.45) is 6.04. The normalized spacial score (nSPS) is 10.6. The zero-order chi connectivity index (χ0) is 14.8. The van der Waals surface area contributed by atoms with Crippen molar-refractivity contribution in [1.29, 1.82) is 0 Å². The van der Waals surface area contributed by atoms with Crippen molar-refractivity contribution in [3.05, 3.63) is 35.4 Å². The van der Waals surface area contributed by atoms with Crippen molar-refractivity contribution in [2.24, 2.45) is 0 Å². The molecule has 0 saturated carbocycles. The topological polar surface area (TPSA) is 26.3 Å². The Morgan fingerprint density at radius 1 is 1.05 bits per heavy atom. The molecule has 0 aliphatic rings. The number of halogens is 3. The fraction of sp³-hybridized carbons (Fsp3) is 0.533. The van der Waals surface area contributed by atoms with E-state index in [9.17, 15) is 13.6 Å². The second-order valence-corrected chi connectivity index (χ2v) is 4.95. The highest BCUT2D eigenvalue weighted by Crippen LogP contribution is 2.11. The van der Waals surface area contributed by atoms with Crippen LogP contribution in [0.4, 0.5) is 8.78 Å². The molecule has 0 N–H and O–H groups in total. The smallest absolute Gasteiger partial charge is 0.341 e. The SMILES string of the molecule is O=C(OCCCCCCCCCl)c1ccc(F)cc1F. The zero-order valence-electron chi connectivity index (χ0n) is 11.3. The third-order valence-corrected chi connectivity index (χ3v) is 3.18. The van der Waals surface area contributed by atoms with Crippen LogP contribution >= 0.6 is 11.6 Å². The van der Waals surface area contributed by atoms with Gasteiger partial charge in [0.2, 0.25) is 0 Å². The monoisotopic (exact) mass is 304 g/mol. The van der Waals surface area contributed by atoms with E-state index in [1.54, 1.807) is 0 Å². The second-order valence-electron chi connectivity index (χ2n) is 4.57. The molecular formula is C15H19ClF2O2. The van der Waals surface area contributed by atoms with Crippen LogP contribution in [0.25, 0.3) is 0 Å². The van der Waals surface area contributed by atoms with Crippen LogP contribution < -0.4 is 0 Å². The van der Waals surface area contributed by atoms with Crippen LogP contribution in [0.1, 0.15) is 48.9 Å². The molecule has 1 aromatic rings. The largest absolute Gasteiger partial charge is 0.462 e. The molecule has 0 aliphatic heterocycles. The van der Waals surface area contributed by atoms with Crippen LogP contribution in [0.5, 0.6) is 0 Å². The number of ether oxygens (including phenoxy) is 1. The van der Waals surface area contributed by atoms with Crippen molar-refractivity contribution in [1.82, 2.24) is 0 Å². The minimum Gasteiger partial charge on any atom is -0.462 e. The van der Waals surface area contributed by atoms with E-state index in [2.05, 4.69) is 0 Å². The summed E-state index contributed by atoms with van der Waals surface area (Å²) in [6.45, 7) is 0.255. The minimum atomic E-state index is -0.893. The molecule has 2 nitrogen and oxygen atoms in total. The van der Waals surface area contributed by atoms with Crippen LogP contribution in [-0.2, 0) is 4.74 Å². The number of carbonyl (C=O) groups excluding carboxylic acids is 1. The summed E-state index contributed by atoms with van der Waals surface area (Å²) < 4.78 is 30.9. The summed E-state index contributed by atoms with van der Waals surface area (Å²) in [5.74, 6) is -1.65. The van der Waals surface area contributed by atoms with Crippen LogP contribution in [-0.4, -0.2) is 18.5 Å². The number of unbranched alkanes of at least 4 members (excludes halogenated alkanes) is 5.